The van der Waals surface area contributed by atoms with Gasteiger partial charge in [-0.05, 0) is 17.5 Å². The molecule has 1 atom stereocenters. The highest BCUT2D eigenvalue weighted by atomic mass is 35.5. The van der Waals surface area contributed by atoms with Gasteiger partial charge in [-0.1, -0.05) is 72.8 Å². The summed E-state index contributed by atoms with van der Waals surface area (Å²) < 4.78 is 0. The molecule has 0 saturated heterocycles. The molecule has 2 aromatic rings. The third kappa shape index (κ3) is 2.44. The van der Waals surface area contributed by atoms with Crippen molar-refractivity contribution < 1.29 is 0 Å². The van der Waals surface area contributed by atoms with Gasteiger partial charge >= 0.3 is 0 Å². The maximum atomic E-state index is 6.10. The van der Waals surface area contributed by atoms with Crippen LogP contribution in [0.4, 0.5) is 0 Å². The second kappa shape index (κ2) is 5.60. The molecule has 0 spiro atoms. The molecule has 1 nitrogen and oxygen atoms in total. The number of hydrogen-bond acceptors (Lipinski definition) is 1. The van der Waals surface area contributed by atoms with Crippen LogP contribution in [0.15, 0.2) is 72.8 Å². The summed E-state index contributed by atoms with van der Waals surface area (Å²) in [6.45, 7) is 0. The van der Waals surface area contributed by atoms with Gasteiger partial charge in [-0.25, -0.2) is 0 Å². The fourth-order valence-electron chi connectivity index (χ4n) is 2.86. The Kier molecular flexibility index (Phi) is 4.08. The first-order valence-corrected chi connectivity index (χ1v) is 6.37. The second-order valence-electron chi connectivity index (χ2n) is 4.93. The maximum absolute atomic E-state index is 6.10. The lowest BCUT2D eigenvalue weighted by molar-refractivity contribution is 0.581. The van der Waals surface area contributed by atoms with Crippen LogP contribution >= 0.6 is 12.4 Å². The van der Waals surface area contributed by atoms with E-state index in [-0.39, 0.29) is 23.9 Å². The van der Waals surface area contributed by atoms with E-state index in [4.69, 9.17) is 5.73 Å². The van der Waals surface area contributed by atoms with E-state index in [9.17, 15) is 0 Å². The standard InChI is InChI=1S/C17H17N.ClH/c18-16-11-12-17(13-16,14-7-3-1-4-8-14)15-9-5-2-6-10-15;/h1-12,16H,13,18H2;1H. The normalized spacial score (nSPS) is 19.9. The minimum atomic E-state index is -0.0536. The van der Waals surface area contributed by atoms with Crippen molar-refractivity contribution in [1.82, 2.24) is 0 Å². The van der Waals surface area contributed by atoms with Gasteiger partial charge in [-0.15, -0.1) is 12.4 Å². The Labute approximate surface area is 120 Å². The van der Waals surface area contributed by atoms with Crippen molar-refractivity contribution in [2.45, 2.75) is 17.9 Å². The highest BCUT2D eigenvalue weighted by Gasteiger charge is 2.36. The van der Waals surface area contributed by atoms with Crippen LogP contribution in [-0.4, -0.2) is 6.04 Å². The molecule has 1 aliphatic carbocycles. The lowest BCUT2D eigenvalue weighted by atomic mass is 9.74. The molecule has 1 unspecified atom stereocenters. The highest BCUT2D eigenvalue weighted by molar-refractivity contribution is 5.85. The van der Waals surface area contributed by atoms with E-state index >= 15 is 0 Å². The van der Waals surface area contributed by atoms with Crippen LogP contribution < -0.4 is 5.73 Å². The molecule has 2 N–H and O–H groups in total. The monoisotopic (exact) mass is 271 g/mol. The van der Waals surface area contributed by atoms with Crippen LogP contribution in [0, 0.1) is 0 Å². The molecule has 19 heavy (non-hydrogen) atoms. The van der Waals surface area contributed by atoms with Crippen molar-refractivity contribution >= 4 is 12.4 Å². The summed E-state index contributed by atoms with van der Waals surface area (Å²) >= 11 is 0. The van der Waals surface area contributed by atoms with Crippen LogP contribution in [0.2, 0.25) is 0 Å². The fraction of sp³-hybridized carbons (Fsp3) is 0.176. The van der Waals surface area contributed by atoms with Crippen molar-refractivity contribution in [3.05, 3.63) is 83.9 Å². The molecule has 0 aliphatic heterocycles. The van der Waals surface area contributed by atoms with E-state index in [1.165, 1.54) is 11.1 Å². The molecule has 0 heterocycles. The molecule has 0 amide bonds. The van der Waals surface area contributed by atoms with Gasteiger partial charge < -0.3 is 5.73 Å². The number of benzene rings is 2. The third-order valence-corrected chi connectivity index (χ3v) is 3.76. The van der Waals surface area contributed by atoms with E-state index in [1.807, 2.05) is 0 Å². The quantitative estimate of drug-likeness (QED) is 0.829. The molecule has 2 aromatic carbocycles. The van der Waals surface area contributed by atoms with Gasteiger partial charge in [0.15, 0.2) is 0 Å². The van der Waals surface area contributed by atoms with Gasteiger partial charge in [0, 0.05) is 11.5 Å². The van der Waals surface area contributed by atoms with Gasteiger partial charge in [0.05, 0.1) is 0 Å². The summed E-state index contributed by atoms with van der Waals surface area (Å²) in [6.07, 6.45) is 5.34. The Balaban J connectivity index is 0.00000133. The molecule has 0 fully saturated rings. The minimum absolute atomic E-state index is 0. The summed E-state index contributed by atoms with van der Waals surface area (Å²) in [5.41, 5.74) is 8.68. The molecule has 3 rings (SSSR count). The predicted octanol–water partition coefficient (Wildman–Crippen LogP) is 3.68. The molecule has 0 aromatic heterocycles. The van der Waals surface area contributed by atoms with E-state index in [0.717, 1.165) is 6.42 Å². The van der Waals surface area contributed by atoms with E-state index in [1.54, 1.807) is 0 Å². The first-order valence-electron chi connectivity index (χ1n) is 6.37. The summed E-state index contributed by atoms with van der Waals surface area (Å²) in [5, 5.41) is 0. The highest BCUT2D eigenvalue weighted by Crippen LogP contribution is 2.41. The average molecular weight is 272 g/mol. The van der Waals surface area contributed by atoms with Crippen LogP contribution in [0.3, 0.4) is 0 Å². The van der Waals surface area contributed by atoms with Crippen molar-refractivity contribution in [2.24, 2.45) is 5.73 Å². The number of nitrogens with two attached hydrogens (primary N) is 1. The first-order chi connectivity index (χ1) is 8.81. The minimum Gasteiger partial charge on any atom is -0.324 e. The third-order valence-electron chi connectivity index (χ3n) is 3.76. The van der Waals surface area contributed by atoms with Crippen LogP contribution in [0.25, 0.3) is 0 Å². The number of halogens is 1. The van der Waals surface area contributed by atoms with Crippen LogP contribution in [0.1, 0.15) is 17.5 Å². The average Bonchev–Trinajstić information content (AvgIpc) is 2.84. The van der Waals surface area contributed by atoms with E-state index < -0.39 is 0 Å². The summed E-state index contributed by atoms with van der Waals surface area (Å²) in [5.74, 6) is 0. The van der Waals surface area contributed by atoms with Crippen molar-refractivity contribution in [2.75, 3.05) is 0 Å². The number of hydrogen-bond donors (Lipinski definition) is 1. The largest absolute Gasteiger partial charge is 0.324 e. The molecule has 2 heteroatoms. The molecule has 0 bridgehead atoms. The summed E-state index contributed by atoms with van der Waals surface area (Å²) in [4.78, 5) is 0. The number of allylic oxidation sites excluding steroid dienone is 1. The fourth-order valence-corrected chi connectivity index (χ4v) is 2.86. The molecule has 0 radical (unpaired) electrons. The Bertz CT molecular complexity index is 508. The summed E-state index contributed by atoms with van der Waals surface area (Å²) in [6, 6.07) is 21.4. The lowest BCUT2D eigenvalue weighted by Crippen LogP contribution is -2.28. The molecular weight excluding hydrogens is 254 g/mol. The van der Waals surface area contributed by atoms with Crippen molar-refractivity contribution in [3.8, 4) is 0 Å². The topological polar surface area (TPSA) is 26.0 Å². The Morgan fingerprint density at radius 1 is 0.842 bits per heavy atom. The predicted molar refractivity (Wildman–Crippen MR) is 82.6 cm³/mol. The zero-order valence-corrected chi connectivity index (χ0v) is 11.5. The number of rotatable bonds is 2. The molecule has 1 aliphatic rings. The second-order valence-corrected chi connectivity index (χ2v) is 4.93. The lowest BCUT2D eigenvalue weighted by Gasteiger charge is -2.29. The van der Waals surface area contributed by atoms with Crippen molar-refractivity contribution in [3.63, 3.8) is 0 Å². The smallest absolute Gasteiger partial charge is 0.0400 e. The molecule has 0 saturated carbocycles. The van der Waals surface area contributed by atoms with Gasteiger partial charge in [-0.2, -0.15) is 0 Å². The van der Waals surface area contributed by atoms with Gasteiger partial charge in [-0.3, -0.25) is 0 Å². The van der Waals surface area contributed by atoms with Gasteiger partial charge in [0.25, 0.3) is 0 Å². The summed E-state index contributed by atoms with van der Waals surface area (Å²) in [7, 11) is 0. The molecule has 98 valence electrons. The molecular formula is C17H18ClN. The van der Waals surface area contributed by atoms with E-state index in [2.05, 4.69) is 72.8 Å². The van der Waals surface area contributed by atoms with Gasteiger partial charge in [0.1, 0.15) is 0 Å². The van der Waals surface area contributed by atoms with Gasteiger partial charge in [0.2, 0.25) is 0 Å². The maximum Gasteiger partial charge on any atom is 0.0400 e. The van der Waals surface area contributed by atoms with E-state index in [0.29, 0.717) is 0 Å². The Morgan fingerprint density at radius 3 is 1.68 bits per heavy atom. The van der Waals surface area contributed by atoms with Crippen LogP contribution in [-0.2, 0) is 5.41 Å². The van der Waals surface area contributed by atoms with Crippen LogP contribution in [0.5, 0.6) is 0 Å². The SMILES string of the molecule is Cl.NC1C=CC(c2ccccc2)(c2ccccc2)C1. The zero-order valence-electron chi connectivity index (χ0n) is 10.7. The first kappa shape index (κ1) is 13.9. The Hall–Kier alpha value is -1.57. The van der Waals surface area contributed by atoms with Crippen molar-refractivity contribution in [1.29, 1.82) is 0 Å². The zero-order chi connectivity index (χ0) is 12.4. The Morgan fingerprint density at radius 2 is 1.32 bits per heavy atom.